The topological polar surface area (TPSA) is 78.5 Å². The molecule has 0 radical (unpaired) electrons. The van der Waals surface area contributed by atoms with E-state index in [0.717, 1.165) is 23.4 Å². The van der Waals surface area contributed by atoms with Crippen molar-refractivity contribution in [1.29, 1.82) is 0 Å². The van der Waals surface area contributed by atoms with E-state index >= 15 is 0 Å². The quantitative estimate of drug-likeness (QED) is 0.648. The van der Waals surface area contributed by atoms with Gasteiger partial charge in [-0.1, -0.05) is 43.5 Å². The fraction of sp³-hybridized carbons (Fsp3) is 0.435. The van der Waals surface area contributed by atoms with Gasteiger partial charge in [0, 0.05) is 25.3 Å². The Bertz CT molecular complexity index is 989. The summed E-state index contributed by atoms with van der Waals surface area (Å²) in [6, 6.07) is 12.6. The molecule has 168 valence electrons. The lowest BCUT2D eigenvalue weighted by Gasteiger charge is -2.33. The number of benzene rings is 2. The van der Waals surface area contributed by atoms with Crippen LogP contribution in [0.2, 0.25) is 0 Å². The molecule has 0 aliphatic heterocycles. The molecule has 1 aliphatic carbocycles. The Balaban J connectivity index is 1.53. The summed E-state index contributed by atoms with van der Waals surface area (Å²) in [5, 5.41) is 2.73. The molecule has 0 spiro atoms. The minimum atomic E-state index is -4.14. The fourth-order valence-corrected chi connectivity index (χ4v) is 5.16. The average Bonchev–Trinajstić information content (AvgIpc) is 2.77. The second-order valence-corrected chi connectivity index (χ2v) is 9.74. The molecule has 3 rings (SSSR count). The van der Waals surface area contributed by atoms with Crippen LogP contribution in [0.4, 0.5) is 10.1 Å². The highest BCUT2D eigenvalue weighted by atomic mass is 32.2. The lowest BCUT2D eigenvalue weighted by Crippen LogP contribution is -2.44. The zero-order valence-electron chi connectivity index (χ0n) is 18.0. The Hall–Kier alpha value is -2.45. The van der Waals surface area contributed by atoms with Gasteiger partial charge in [0.05, 0.1) is 6.04 Å². The predicted octanol–water partition coefficient (Wildman–Crippen LogP) is 3.58. The predicted molar refractivity (Wildman–Crippen MR) is 120 cm³/mol. The molecule has 0 bridgehead atoms. The number of carbonyl (C=O) groups is 1. The molecule has 1 atom stereocenters. The first-order chi connectivity index (χ1) is 14.8. The highest BCUT2D eigenvalue weighted by Crippen LogP contribution is 2.26. The Labute approximate surface area is 183 Å². The minimum absolute atomic E-state index is 0.276. The van der Waals surface area contributed by atoms with Gasteiger partial charge in [-0.2, -0.15) is 4.72 Å². The van der Waals surface area contributed by atoms with E-state index in [0.29, 0.717) is 6.04 Å². The Morgan fingerprint density at radius 2 is 1.74 bits per heavy atom. The van der Waals surface area contributed by atoms with Gasteiger partial charge in [0.2, 0.25) is 15.9 Å². The van der Waals surface area contributed by atoms with E-state index < -0.39 is 32.7 Å². The number of rotatable bonds is 8. The maximum atomic E-state index is 13.8. The standard InChI is InChI=1S/C23H30FN3O3S/c1-17(26-31(29,30)22-11-7-6-10-21(22)24)23(28)25-16-18-12-14-20(15-13-18)27(2)19-8-4-3-5-9-19/h6-7,10-15,17,19,26H,3-5,8-9,16H2,1-2H3,(H,25,28)/t17-/m0/s1. The van der Waals surface area contributed by atoms with Crippen LogP contribution in [0.3, 0.4) is 0 Å². The van der Waals surface area contributed by atoms with Crippen molar-refractivity contribution in [3.63, 3.8) is 0 Å². The third kappa shape index (κ3) is 6.04. The molecule has 1 saturated carbocycles. The van der Waals surface area contributed by atoms with E-state index in [1.165, 1.54) is 51.2 Å². The van der Waals surface area contributed by atoms with E-state index in [-0.39, 0.29) is 6.54 Å². The van der Waals surface area contributed by atoms with Gasteiger partial charge >= 0.3 is 0 Å². The molecule has 6 nitrogen and oxygen atoms in total. The first kappa shape index (κ1) is 23.2. The summed E-state index contributed by atoms with van der Waals surface area (Å²) in [6.45, 7) is 1.70. The number of nitrogens with zero attached hydrogens (tertiary/aromatic N) is 1. The van der Waals surface area contributed by atoms with Crippen molar-refractivity contribution >= 4 is 21.6 Å². The SMILES string of the molecule is C[C@H](NS(=O)(=O)c1ccccc1F)C(=O)NCc1ccc(N(C)C2CCCCC2)cc1. The van der Waals surface area contributed by atoms with Crippen molar-refractivity contribution in [3.8, 4) is 0 Å². The van der Waals surface area contributed by atoms with Gasteiger partial charge < -0.3 is 10.2 Å². The van der Waals surface area contributed by atoms with Crippen LogP contribution >= 0.6 is 0 Å². The van der Waals surface area contributed by atoms with Gasteiger partial charge in [0.25, 0.3) is 0 Å². The van der Waals surface area contributed by atoms with Crippen molar-refractivity contribution < 1.29 is 17.6 Å². The second-order valence-electron chi connectivity index (χ2n) is 8.06. The fourth-order valence-electron chi connectivity index (χ4n) is 3.88. The van der Waals surface area contributed by atoms with Crippen LogP contribution in [0.5, 0.6) is 0 Å². The summed E-state index contributed by atoms with van der Waals surface area (Å²) < 4.78 is 40.7. The van der Waals surface area contributed by atoms with Crippen molar-refractivity contribution in [2.24, 2.45) is 0 Å². The summed E-state index contributed by atoms with van der Waals surface area (Å²) in [7, 11) is -2.01. The van der Waals surface area contributed by atoms with Crippen LogP contribution in [0.15, 0.2) is 53.4 Å². The van der Waals surface area contributed by atoms with Crippen molar-refractivity contribution in [1.82, 2.24) is 10.0 Å². The smallest absolute Gasteiger partial charge is 0.244 e. The molecule has 0 aromatic heterocycles. The van der Waals surface area contributed by atoms with Gasteiger partial charge in [-0.3, -0.25) is 4.79 Å². The van der Waals surface area contributed by atoms with E-state index in [1.54, 1.807) is 0 Å². The molecule has 8 heteroatoms. The molecule has 2 aromatic carbocycles. The number of sulfonamides is 1. The third-order valence-corrected chi connectivity index (χ3v) is 7.36. The van der Waals surface area contributed by atoms with Crippen LogP contribution in [-0.2, 0) is 21.4 Å². The van der Waals surface area contributed by atoms with Gasteiger partial charge in [0.1, 0.15) is 10.7 Å². The largest absolute Gasteiger partial charge is 0.372 e. The number of nitrogens with one attached hydrogen (secondary N) is 2. The van der Waals surface area contributed by atoms with Gasteiger partial charge in [-0.15, -0.1) is 0 Å². The number of carbonyl (C=O) groups excluding carboxylic acids is 1. The average molecular weight is 448 g/mol. The van der Waals surface area contributed by atoms with E-state index in [9.17, 15) is 17.6 Å². The molecule has 2 aromatic rings. The summed E-state index contributed by atoms with van der Waals surface area (Å²) in [6.07, 6.45) is 6.30. The maximum absolute atomic E-state index is 13.8. The molecule has 0 heterocycles. The van der Waals surface area contributed by atoms with Crippen molar-refractivity contribution in [3.05, 3.63) is 59.9 Å². The highest BCUT2D eigenvalue weighted by molar-refractivity contribution is 7.89. The Morgan fingerprint density at radius 1 is 1.10 bits per heavy atom. The first-order valence-corrected chi connectivity index (χ1v) is 12.1. The molecular weight excluding hydrogens is 417 g/mol. The number of amides is 1. The van der Waals surface area contributed by atoms with Crippen LogP contribution < -0.4 is 14.9 Å². The molecular formula is C23H30FN3O3S. The molecule has 1 aliphatic rings. The monoisotopic (exact) mass is 447 g/mol. The second kappa shape index (κ2) is 10.2. The molecule has 0 saturated heterocycles. The number of anilines is 1. The molecule has 31 heavy (non-hydrogen) atoms. The van der Waals surface area contributed by atoms with E-state index in [2.05, 4.69) is 22.0 Å². The van der Waals surface area contributed by atoms with E-state index in [1.807, 2.05) is 24.3 Å². The number of hydrogen-bond acceptors (Lipinski definition) is 4. The van der Waals surface area contributed by atoms with Crippen molar-refractivity contribution in [2.75, 3.05) is 11.9 Å². The number of halogens is 1. The van der Waals surface area contributed by atoms with Gasteiger partial charge in [-0.25, -0.2) is 12.8 Å². The van der Waals surface area contributed by atoms with Crippen molar-refractivity contribution in [2.45, 2.75) is 62.6 Å². The molecule has 1 amide bonds. The lowest BCUT2D eigenvalue weighted by molar-refractivity contribution is -0.122. The molecule has 1 fully saturated rings. The van der Waals surface area contributed by atoms with Crippen LogP contribution in [-0.4, -0.2) is 33.5 Å². The minimum Gasteiger partial charge on any atom is -0.372 e. The first-order valence-electron chi connectivity index (χ1n) is 10.6. The Kier molecular flexibility index (Phi) is 7.67. The van der Waals surface area contributed by atoms with Crippen LogP contribution in [0.1, 0.15) is 44.6 Å². The van der Waals surface area contributed by atoms with Gasteiger partial charge in [0.15, 0.2) is 0 Å². The summed E-state index contributed by atoms with van der Waals surface area (Å²) in [4.78, 5) is 14.2. The summed E-state index contributed by atoms with van der Waals surface area (Å²) in [5.41, 5.74) is 2.06. The maximum Gasteiger partial charge on any atom is 0.244 e. The zero-order valence-corrected chi connectivity index (χ0v) is 18.8. The molecule has 0 unspecified atom stereocenters. The van der Waals surface area contributed by atoms with Crippen LogP contribution in [0, 0.1) is 5.82 Å². The lowest BCUT2D eigenvalue weighted by atomic mass is 9.94. The summed E-state index contributed by atoms with van der Waals surface area (Å²) in [5.74, 6) is -1.34. The zero-order chi connectivity index (χ0) is 22.4. The van der Waals surface area contributed by atoms with Crippen LogP contribution in [0.25, 0.3) is 0 Å². The third-order valence-electron chi connectivity index (χ3n) is 5.78. The number of hydrogen-bond donors (Lipinski definition) is 2. The van der Waals surface area contributed by atoms with Gasteiger partial charge in [-0.05, 0) is 49.6 Å². The van der Waals surface area contributed by atoms with E-state index in [4.69, 9.17) is 0 Å². The summed E-state index contributed by atoms with van der Waals surface area (Å²) >= 11 is 0. The molecule has 2 N–H and O–H groups in total. The Morgan fingerprint density at radius 3 is 2.39 bits per heavy atom. The normalized spacial score (nSPS) is 16.0. The highest BCUT2D eigenvalue weighted by Gasteiger charge is 2.24.